The van der Waals surface area contributed by atoms with Gasteiger partial charge in [0.2, 0.25) is 5.91 Å². The second kappa shape index (κ2) is 6.62. The molecule has 0 atom stereocenters. The summed E-state index contributed by atoms with van der Waals surface area (Å²) in [5.74, 6) is 1.13. The van der Waals surface area contributed by atoms with E-state index in [0.29, 0.717) is 18.3 Å². The van der Waals surface area contributed by atoms with Crippen molar-refractivity contribution in [2.45, 2.75) is 13.8 Å². The smallest absolute Gasteiger partial charge is 0.239 e. The molecule has 0 saturated heterocycles. The van der Waals surface area contributed by atoms with Crippen molar-refractivity contribution in [2.75, 3.05) is 18.4 Å². The van der Waals surface area contributed by atoms with E-state index in [4.69, 9.17) is 0 Å². The number of anilines is 1. The van der Waals surface area contributed by atoms with Crippen LogP contribution >= 0.6 is 22.6 Å². The Balaban J connectivity index is 2.35. The molecule has 6 heteroatoms. The maximum Gasteiger partial charge on any atom is 0.239 e. The zero-order valence-electron chi connectivity index (χ0n) is 9.33. The first kappa shape index (κ1) is 13.1. The lowest BCUT2D eigenvalue weighted by Gasteiger charge is -2.09. The van der Waals surface area contributed by atoms with Gasteiger partial charge in [-0.1, -0.05) is 13.8 Å². The highest BCUT2D eigenvalue weighted by Crippen LogP contribution is 2.11. The van der Waals surface area contributed by atoms with E-state index in [9.17, 15) is 4.79 Å². The standard InChI is InChI=1S/C10H15IN4O/c1-7(2)3-13-9(16)5-14-10-8(11)4-12-6-15-10/h4,6-7H,3,5H2,1-2H3,(H,13,16)(H,12,14,15). The van der Waals surface area contributed by atoms with Crippen LogP contribution in [-0.2, 0) is 4.79 Å². The van der Waals surface area contributed by atoms with Crippen LogP contribution in [0, 0.1) is 9.49 Å². The lowest BCUT2D eigenvalue weighted by molar-refractivity contribution is -0.119. The first-order valence-corrected chi connectivity index (χ1v) is 6.13. The molecule has 0 aliphatic heterocycles. The van der Waals surface area contributed by atoms with Crippen LogP contribution in [-0.4, -0.2) is 29.0 Å². The molecular weight excluding hydrogens is 319 g/mol. The minimum absolute atomic E-state index is 0.0249. The molecule has 1 aromatic rings. The molecular formula is C10H15IN4O. The van der Waals surface area contributed by atoms with Crippen LogP contribution in [0.2, 0.25) is 0 Å². The molecule has 0 aromatic carbocycles. The number of hydrogen-bond acceptors (Lipinski definition) is 4. The van der Waals surface area contributed by atoms with E-state index in [1.807, 2.05) is 0 Å². The topological polar surface area (TPSA) is 66.9 Å². The van der Waals surface area contributed by atoms with E-state index in [0.717, 1.165) is 3.57 Å². The molecule has 0 spiro atoms. The largest absolute Gasteiger partial charge is 0.360 e. The molecule has 88 valence electrons. The molecule has 0 bridgehead atoms. The van der Waals surface area contributed by atoms with Gasteiger partial charge in [-0.15, -0.1) is 0 Å². The summed E-state index contributed by atoms with van der Waals surface area (Å²) in [4.78, 5) is 19.3. The zero-order valence-corrected chi connectivity index (χ0v) is 11.5. The summed E-state index contributed by atoms with van der Waals surface area (Å²) in [5.41, 5.74) is 0. The van der Waals surface area contributed by atoms with Crippen LogP contribution < -0.4 is 10.6 Å². The third-order valence-electron chi connectivity index (χ3n) is 1.79. The Labute approximate surface area is 109 Å². The third kappa shape index (κ3) is 4.73. The molecule has 1 rings (SSSR count). The van der Waals surface area contributed by atoms with E-state index in [2.05, 4.69) is 57.0 Å². The zero-order chi connectivity index (χ0) is 12.0. The predicted octanol–water partition coefficient (Wildman–Crippen LogP) is 1.27. The Bertz CT molecular complexity index is 356. The SMILES string of the molecule is CC(C)CNC(=O)CNc1ncncc1I. The Morgan fingerprint density at radius 1 is 1.56 bits per heavy atom. The molecule has 1 amide bonds. The van der Waals surface area contributed by atoms with Gasteiger partial charge in [0.15, 0.2) is 0 Å². The number of amides is 1. The van der Waals surface area contributed by atoms with Crippen molar-refractivity contribution in [1.29, 1.82) is 0 Å². The number of rotatable bonds is 5. The molecule has 1 heterocycles. The molecule has 0 saturated carbocycles. The van der Waals surface area contributed by atoms with Crippen LogP contribution in [0.5, 0.6) is 0 Å². The third-order valence-corrected chi connectivity index (χ3v) is 2.58. The lowest BCUT2D eigenvalue weighted by atomic mass is 10.2. The summed E-state index contributed by atoms with van der Waals surface area (Å²) in [5, 5.41) is 5.79. The van der Waals surface area contributed by atoms with E-state index in [-0.39, 0.29) is 12.5 Å². The van der Waals surface area contributed by atoms with E-state index < -0.39 is 0 Å². The van der Waals surface area contributed by atoms with Gasteiger partial charge in [0, 0.05) is 12.7 Å². The molecule has 0 aliphatic rings. The van der Waals surface area contributed by atoms with E-state index in [1.54, 1.807) is 6.20 Å². The van der Waals surface area contributed by atoms with Gasteiger partial charge in [-0.25, -0.2) is 9.97 Å². The predicted molar refractivity (Wildman–Crippen MR) is 71.1 cm³/mol. The lowest BCUT2D eigenvalue weighted by Crippen LogP contribution is -2.32. The molecule has 0 aliphatic carbocycles. The fraction of sp³-hybridized carbons (Fsp3) is 0.500. The Morgan fingerprint density at radius 2 is 2.31 bits per heavy atom. The quantitative estimate of drug-likeness (QED) is 0.796. The van der Waals surface area contributed by atoms with Crippen molar-refractivity contribution < 1.29 is 4.79 Å². The Morgan fingerprint density at radius 3 is 2.94 bits per heavy atom. The number of nitrogens with one attached hydrogen (secondary N) is 2. The number of aromatic nitrogens is 2. The van der Waals surface area contributed by atoms with Gasteiger partial charge in [-0.05, 0) is 28.5 Å². The fourth-order valence-corrected chi connectivity index (χ4v) is 1.48. The second-order valence-corrected chi connectivity index (χ2v) is 4.93. The van der Waals surface area contributed by atoms with Crippen LogP contribution in [0.3, 0.4) is 0 Å². The summed E-state index contributed by atoms with van der Waals surface area (Å²) in [6, 6.07) is 0. The summed E-state index contributed by atoms with van der Waals surface area (Å²) in [7, 11) is 0. The Hall–Kier alpha value is -0.920. The van der Waals surface area contributed by atoms with Crippen molar-refractivity contribution >= 4 is 34.3 Å². The summed E-state index contributed by atoms with van der Waals surface area (Å²) >= 11 is 2.12. The highest BCUT2D eigenvalue weighted by atomic mass is 127. The van der Waals surface area contributed by atoms with E-state index >= 15 is 0 Å². The van der Waals surface area contributed by atoms with Crippen LogP contribution in [0.4, 0.5) is 5.82 Å². The maximum atomic E-state index is 11.4. The molecule has 1 aromatic heterocycles. The Kier molecular flexibility index (Phi) is 5.44. The molecule has 0 unspecified atom stereocenters. The van der Waals surface area contributed by atoms with Gasteiger partial charge in [-0.2, -0.15) is 0 Å². The van der Waals surface area contributed by atoms with Crippen LogP contribution in [0.25, 0.3) is 0 Å². The van der Waals surface area contributed by atoms with Crippen LogP contribution in [0.1, 0.15) is 13.8 Å². The van der Waals surface area contributed by atoms with Crippen molar-refractivity contribution in [2.24, 2.45) is 5.92 Å². The molecule has 0 fully saturated rings. The van der Waals surface area contributed by atoms with Crippen molar-refractivity contribution in [3.05, 3.63) is 16.1 Å². The fourth-order valence-electron chi connectivity index (χ4n) is 0.987. The van der Waals surface area contributed by atoms with Crippen molar-refractivity contribution in [3.63, 3.8) is 0 Å². The second-order valence-electron chi connectivity index (χ2n) is 3.77. The first-order valence-electron chi connectivity index (χ1n) is 5.05. The molecule has 2 N–H and O–H groups in total. The number of halogens is 1. The summed E-state index contributed by atoms with van der Waals surface area (Å²) in [6.07, 6.45) is 3.15. The highest BCUT2D eigenvalue weighted by molar-refractivity contribution is 14.1. The monoisotopic (exact) mass is 334 g/mol. The van der Waals surface area contributed by atoms with Crippen LogP contribution in [0.15, 0.2) is 12.5 Å². The van der Waals surface area contributed by atoms with Gasteiger partial charge in [0.05, 0.1) is 10.1 Å². The van der Waals surface area contributed by atoms with Gasteiger partial charge in [0.1, 0.15) is 12.1 Å². The highest BCUT2D eigenvalue weighted by Gasteiger charge is 2.04. The number of nitrogens with zero attached hydrogens (tertiary/aromatic N) is 2. The van der Waals surface area contributed by atoms with Gasteiger partial charge < -0.3 is 10.6 Å². The summed E-state index contributed by atoms with van der Waals surface area (Å²) < 4.78 is 0.900. The molecule has 0 radical (unpaired) electrons. The molecule has 5 nitrogen and oxygen atoms in total. The minimum Gasteiger partial charge on any atom is -0.360 e. The van der Waals surface area contributed by atoms with Crippen molar-refractivity contribution in [3.8, 4) is 0 Å². The van der Waals surface area contributed by atoms with Gasteiger partial charge in [-0.3, -0.25) is 4.79 Å². The minimum atomic E-state index is -0.0249. The van der Waals surface area contributed by atoms with Crippen molar-refractivity contribution in [1.82, 2.24) is 15.3 Å². The maximum absolute atomic E-state index is 11.4. The average molecular weight is 334 g/mol. The van der Waals surface area contributed by atoms with Gasteiger partial charge in [0.25, 0.3) is 0 Å². The van der Waals surface area contributed by atoms with Gasteiger partial charge >= 0.3 is 0 Å². The van der Waals surface area contributed by atoms with E-state index in [1.165, 1.54) is 6.33 Å². The number of carbonyl (C=O) groups is 1. The normalized spacial score (nSPS) is 10.2. The average Bonchev–Trinajstić information content (AvgIpc) is 2.25. The molecule has 16 heavy (non-hydrogen) atoms. The summed E-state index contributed by atoms with van der Waals surface area (Å²) in [6.45, 7) is 5.04. The first-order chi connectivity index (χ1) is 7.59. The number of carbonyl (C=O) groups excluding carboxylic acids is 1. The number of hydrogen-bond donors (Lipinski definition) is 2.